The van der Waals surface area contributed by atoms with E-state index in [-0.39, 0.29) is 12.2 Å². The maximum Gasteiger partial charge on any atom is 0.271 e. The van der Waals surface area contributed by atoms with Crippen LogP contribution in [0.15, 0.2) is 55.2 Å². The molecule has 8 nitrogen and oxygen atoms in total. The number of aromatic nitrogens is 5. The Hall–Kier alpha value is -3.69. The molecule has 4 aromatic rings. The highest BCUT2D eigenvalue weighted by Crippen LogP contribution is 2.25. The van der Waals surface area contributed by atoms with E-state index < -0.39 is 22.5 Å². The summed E-state index contributed by atoms with van der Waals surface area (Å²) < 4.78 is 30.9. The summed E-state index contributed by atoms with van der Waals surface area (Å²) in [5, 5.41) is 20.1. The number of fused-ring (bicyclic) bond motifs is 1. The molecule has 0 N–H and O–H groups in total. The van der Waals surface area contributed by atoms with E-state index in [0.29, 0.717) is 17.6 Å². The van der Waals surface area contributed by atoms with Gasteiger partial charge >= 0.3 is 0 Å². The fourth-order valence-electron chi connectivity index (χ4n) is 3.13. The van der Waals surface area contributed by atoms with Crippen molar-refractivity contribution < 1.29 is 13.7 Å². The molecule has 0 saturated carbocycles. The van der Waals surface area contributed by atoms with Crippen LogP contribution in [0.3, 0.4) is 0 Å². The van der Waals surface area contributed by atoms with E-state index in [2.05, 4.69) is 15.2 Å². The first-order valence-corrected chi connectivity index (χ1v) is 8.38. The minimum Gasteiger partial charge on any atom is -0.271 e. The van der Waals surface area contributed by atoms with Crippen LogP contribution in [0.25, 0.3) is 10.9 Å². The summed E-state index contributed by atoms with van der Waals surface area (Å²) in [6.45, 7) is 0.573. The Balaban J connectivity index is 1.68. The minimum atomic E-state index is -0.655. The van der Waals surface area contributed by atoms with Crippen molar-refractivity contribution in [2.75, 3.05) is 0 Å². The topological polar surface area (TPSA) is 91.7 Å². The lowest BCUT2D eigenvalue weighted by molar-refractivity contribution is -0.384. The van der Waals surface area contributed by atoms with Gasteiger partial charge in [-0.2, -0.15) is 10.2 Å². The van der Waals surface area contributed by atoms with Gasteiger partial charge in [-0.1, -0.05) is 6.07 Å². The third-order valence-electron chi connectivity index (χ3n) is 4.43. The van der Waals surface area contributed by atoms with Crippen molar-refractivity contribution in [1.29, 1.82) is 0 Å². The second kappa shape index (κ2) is 7.14. The van der Waals surface area contributed by atoms with E-state index in [0.717, 1.165) is 11.5 Å². The van der Waals surface area contributed by atoms with Crippen molar-refractivity contribution in [2.24, 2.45) is 0 Å². The van der Waals surface area contributed by atoms with Crippen molar-refractivity contribution in [3.63, 3.8) is 0 Å². The van der Waals surface area contributed by atoms with E-state index in [1.54, 1.807) is 21.6 Å². The van der Waals surface area contributed by atoms with E-state index in [1.807, 2.05) is 0 Å². The molecule has 0 saturated heterocycles. The smallest absolute Gasteiger partial charge is 0.271 e. The molecular weight excluding hydrogens is 370 g/mol. The average Bonchev–Trinajstić information content (AvgIpc) is 3.29. The first-order chi connectivity index (χ1) is 13.5. The van der Waals surface area contributed by atoms with Crippen LogP contribution in [-0.4, -0.2) is 29.5 Å². The van der Waals surface area contributed by atoms with Crippen molar-refractivity contribution in [1.82, 2.24) is 24.5 Å². The minimum absolute atomic E-state index is 0.0542. The molecule has 0 bridgehead atoms. The number of nitro groups is 1. The Bertz CT molecular complexity index is 1140. The molecule has 0 aliphatic heterocycles. The Morgan fingerprint density at radius 1 is 1.11 bits per heavy atom. The molecule has 142 valence electrons. The first-order valence-electron chi connectivity index (χ1n) is 8.38. The molecule has 0 spiro atoms. The number of nitrogens with zero attached hydrogens (tertiary/aromatic N) is 6. The fraction of sp³-hybridized carbons (Fsp3) is 0.167. The van der Waals surface area contributed by atoms with Gasteiger partial charge < -0.3 is 0 Å². The largest absolute Gasteiger partial charge is 0.271 e. The van der Waals surface area contributed by atoms with Gasteiger partial charge in [-0.25, -0.2) is 13.8 Å². The summed E-state index contributed by atoms with van der Waals surface area (Å²) in [5.41, 5.74) is 0.734. The van der Waals surface area contributed by atoms with Crippen LogP contribution < -0.4 is 0 Å². The lowest BCUT2D eigenvalue weighted by Gasteiger charge is -2.18. The molecule has 0 radical (unpaired) electrons. The van der Waals surface area contributed by atoms with Crippen LogP contribution in [0.2, 0.25) is 0 Å². The van der Waals surface area contributed by atoms with Gasteiger partial charge in [0.15, 0.2) is 0 Å². The third-order valence-corrected chi connectivity index (χ3v) is 4.43. The molecule has 0 aliphatic rings. The van der Waals surface area contributed by atoms with Gasteiger partial charge in [-0.05, 0) is 17.7 Å². The highest BCUT2D eigenvalue weighted by atomic mass is 19.1. The lowest BCUT2D eigenvalue weighted by Crippen LogP contribution is -2.17. The lowest BCUT2D eigenvalue weighted by atomic mass is 9.98. The summed E-state index contributed by atoms with van der Waals surface area (Å²) in [5.74, 6) is -1.72. The van der Waals surface area contributed by atoms with Crippen LogP contribution >= 0.6 is 0 Å². The summed E-state index contributed by atoms with van der Waals surface area (Å²) in [6.07, 6.45) is 4.62. The maximum atomic E-state index is 14.4. The van der Waals surface area contributed by atoms with Gasteiger partial charge in [0.2, 0.25) is 0 Å². The van der Waals surface area contributed by atoms with Gasteiger partial charge in [-0.15, -0.1) is 0 Å². The van der Waals surface area contributed by atoms with Crippen molar-refractivity contribution in [2.45, 2.75) is 19.0 Å². The quantitative estimate of drug-likeness (QED) is 0.376. The molecule has 2 heterocycles. The SMILES string of the molecule is O=[N+]([O-])c1ccc2cn(CC(Cn3cncn3)c3ccc(F)cc3F)nc2c1. The van der Waals surface area contributed by atoms with E-state index in [9.17, 15) is 18.9 Å². The maximum absolute atomic E-state index is 14.4. The van der Waals surface area contributed by atoms with Gasteiger partial charge in [-0.3, -0.25) is 19.5 Å². The molecule has 1 unspecified atom stereocenters. The molecule has 28 heavy (non-hydrogen) atoms. The van der Waals surface area contributed by atoms with Crippen LogP contribution in [0.4, 0.5) is 14.5 Å². The molecule has 0 fully saturated rings. The molecule has 1 atom stereocenters. The Morgan fingerprint density at radius 3 is 2.64 bits per heavy atom. The van der Waals surface area contributed by atoms with Crippen LogP contribution in [0.1, 0.15) is 11.5 Å². The second-order valence-corrected chi connectivity index (χ2v) is 6.33. The van der Waals surface area contributed by atoms with Gasteiger partial charge in [0.1, 0.15) is 24.3 Å². The molecule has 4 rings (SSSR count). The fourth-order valence-corrected chi connectivity index (χ4v) is 3.13. The molecule has 2 aromatic carbocycles. The van der Waals surface area contributed by atoms with Crippen molar-refractivity contribution in [3.8, 4) is 0 Å². The summed E-state index contributed by atoms with van der Waals surface area (Å²) >= 11 is 0. The highest BCUT2D eigenvalue weighted by molar-refractivity contribution is 5.80. The number of hydrogen-bond acceptors (Lipinski definition) is 5. The van der Waals surface area contributed by atoms with Crippen LogP contribution in [0.5, 0.6) is 0 Å². The third kappa shape index (κ3) is 3.56. The Labute approximate surface area is 157 Å². The number of benzene rings is 2. The number of non-ortho nitro benzene ring substituents is 1. The van der Waals surface area contributed by atoms with Gasteiger partial charge in [0.05, 0.1) is 17.0 Å². The van der Waals surface area contributed by atoms with Crippen LogP contribution in [0, 0.1) is 21.7 Å². The predicted molar refractivity (Wildman–Crippen MR) is 95.5 cm³/mol. The van der Waals surface area contributed by atoms with E-state index in [1.165, 1.54) is 36.9 Å². The zero-order valence-corrected chi connectivity index (χ0v) is 14.4. The summed E-state index contributed by atoms with van der Waals surface area (Å²) in [7, 11) is 0. The second-order valence-electron chi connectivity index (χ2n) is 6.33. The summed E-state index contributed by atoms with van der Waals surface area (Å²) in [6, 6.07) is 7.85. The number of hydrogen-bond donors (Lipinski definition) is 0. The standard InChI is InChI=1S/C18H14F2N6O2/c19-14-2-4-16(17(20)5-14)13(9-25-11-21-10-22-25)8-24-7-12-1-3-15(26(27)28)6-18(12)23-24/h1-7,10-11,13H,8-9H2. The zero-order chi connectivity index (χ0) is 19.7. The molecule has 2 aromatic heterocycles. The molecule has 0 aliphatic carbocycles. The Morgan fingerprint density at radius 2 is 1.93 bits per heavy atom. The summed E-state index contributed by atoms with van der Waals surface area (Å²) in [4.78, 5) is 14.3. The van der Waals surface area contributed by atoms with Gasteiger partial charge in [0, 0.05) is 42.2 Å². The molecular formula is C18H14F2N6O2. The van der Waals surface area contributed by atoms with Gasteiger partial charge in [0.25, 0.3) is 5.69 Å². The van der Waals surface area contributed by atoms with E-state index >= 15 is 0 Å². The normalized spacial score (nSPS) is 12.4. The number of rotatable bonds is 6. The molecule has 0 amide bonds. The predicted octanol–water partition coefficient (Wildman–Crippen LogP) is 3.30. The van der Waals surface area contributed by atoms with Crippen LogP contribution in [-0.2, 0) is 13.1 Å². The highest BCUT2D eigenvalue weighted by Gasteiger charge is 2.20. The Kier molecular flexibility index (Phi) is 4.52. The molecule has 10 heteroatoms. The average molecular weight is 384 g/mol. The number of nitro benzene ring substituents is 1. The van der Waals surface area contributed by atoms with Crippen molar-refractivity contribution in [3.05, 3.63) is 82.6 Å². The first kappa shape index (κ1) is 17.7. The monoisotopic (exact) mass is 384 g/mol. The van der Waals surface area contributed by atoms with Crippen molar-refractivity contribution >= 4 is 16.6 Å². The number of halogens is 2. The van der Waals surface area contributed by atoms with E-state index in [4.69, 9.17) is 0 Å². The zero-order valence-electron chi connectivity index (χ0n) is 14.4.